The molecule has 2 aliphatic heterocycles. The van der Waals surface area contributed by atoms with Crippen molar-refractivity contribution in [3.63, 3.8) is 0 Å². The predicted molar refractivity (Wildman–Crippen MR) is 110 cm³/mol. The van der Waals surface area contributed by atoms with Gasteiger partial charge in [-0.05, 0) is 48.7 Å². The molecule has 0 saturated carbocycles. The first kappa shape index (κ1) is 20.4. The van der Waals surface area contributed by atoms with Gasteiger partial charge < -0.3 is 19.5 Å². The maximum absolute atomic E-state index is 13.0. The van der Waals surface area contributed by atoms with Crippen molar-refractivity contribution in [3.05, 3.63) is 64.4 Å². The van der Waals surface area contributed by atoms with Crippen molar-refractivity contribution in [1.82, 2.24) is 9.88 Å². The van der Waals surface area contributed by atoms with E-state index in [0.717, 1.165) is 12.8 Å². The Morgan fingerprint density at radius 2 is 2.07 bits per heavy atom. The first-order valence-corrected chi connectivity index (χ1v) is 10.0. The molecule has 0 bridgehead atoms. The van der Waals surface area contributed by atoms with Crippen LogP contribution in [0.2, 0.25) is 5.02 Å². The number of ketones is 1. The Kier molecular flexibility index (Phi) is 5.74. The number of rotatable bonds is 5. The molecule has 0 spiro atoms. The fourth-order valence-electron chi connectivity index (χ4n) is 3.93. The highest BCUT2D eigenvalue weighted by Crippen LogP contribution is 2.40. The van der Waals surface area contributed by atoms with E-state index in [1.54, 1.807) is 36.7 Å². The number of aromatic nitrogens is 1. The van der Waals surface area contributed by atoms with Gasteiger partial charge in [-0.15, -0.1) is 0 Å². The molecule has 0 aliphatic carbocycles. The molecule has 2 fully saturated rings. The summed E-state index contributed by atoms with van der Waals surface area (Å²) in [6, 6.07) is 7.41. The minimum absolute atomic E-state index is 0.0218. The Morgan fingerprint density at radius 3 is 2.73 bits per heavy atom. The summed E-state index contributed by atoms with van der Waals surface area (Å²) in [6.07, 6.45) is 4.78. The van der Waals surface area contributed by atoms with E-state index in [9.17, 15) is 14.7 Å². The standard InChI is InChI=1S/C22H21ClN2O5/c1-29-17-11-14(4-5-16(17)23)20(26)18-19(13-6-8-24-9-7-13)25(22(28)21(18)27)12-15-3-2-10-30-15/h4-9,11,15,19,26H,2-3,10,12H2,1H3/b20-18-. The number of Topliss-reactive ketones (excluding diaryl/α,β-unsaturated/α-hetero) is 1. The second-order valence-electron chi connectivity index (χ2n) is 7.22. The van der Waals surface area contributed by atoms with Crippen LogP contribution in [0.25, 0.3) is 5.76 Å². The molecule has 30 heavy (non-hydrogen) atoms. The maximum atomic E-state index is 13.0. The first-order chi connectivity index (χ1) is 14.5. The minimum Gasteiger partial charge on any atom is -0.507 e. The number of benzene rings is 1. The van der Waals surface area contributed by atoms with Crippen LogP contribution in [0.4, 0.5) is 0 Å². The fraction of sp³-hybridized carbons (Fsp3) is 0.318. The Labute approximate surface area is 178 Å². The van der Waals surface area contributed by atoms with Crippen molar-refractivity contribution < 1.29 is 24.2 Å². The minimum atomic E-state index is -0.737. The number of carbonyl (C=O) groups is 2. The number of nitrogens with zero attached hydrogens (tertiary/aromatic N) is 2. The molecule has 1 N–H and O–H groups in total. The van der Waals surface area contributed by atoms with Gasteiger partial charge in [0.1, 0.15) is 11.5 Å². The molecule has 1 amide bonds. The molecule has 2 aliphatic rings. The molecular formula is C22H21ClN2O5. The number of carbonyl (C=O) groups excluding carboxylic acids is 2. The molecule has 2 saturated heterocycles. The molecule has 156 valence electrons. The summed E-state index contributed by atoms with van der Waals surface area (Å²) in [7, 11) is 1.46. The molecule has 2 atom stereocenters. The van der Waals surface area contributed by atoms with Gasteiger partial charge in [0.2, 0.25) is 0 Å². The van der Waals surface area contributed by atoms with Crippen LogP contribution in [0.5, 0.6) is 5.75 Å². The summed E-state index contributed by atoms with van der Waals surface area (Å²) in [4.78, 5) is 31.4. The first-order valence-electron chi connectivity index (χ1n) is 9.65. The smallest absolute Gasteiger partial charge is 0.295 e. The van der Waals surface area contributed by atoms with E-state index in [1.165, 1.54) is 18.1 Å². The van der Waals surface area contributed by atoms with Crippen LogP contribution in [0, 0.1) is 0 Å². The van der Waals surface area contributed by atoms with Crippen LogP contribution >= 0.6 is 11.6 Å². The van der Waals surface area contributed by atoms with Gasteiger partial charge in [-0.25, -0.2) is 0 Å². The predicted octanol–water partition coefficient (Wildman–Crippen LogP) is 3.34. The van der Waals surface area contributed by atoms with Crippen molar-refractivity contribution in [2.45, 2.75) is 25.0 Å². The van der Waals surface area contributed by atoms with Crippen LogP contribution < -0.4 is 4.74 Å². The van der Waals surface area contributed by atoms with Gasteiger partial charge in [0, 0.05) is 31.1 Å². The van der Waals surface area contributed by atoms with Gasteiger partial charge >= 0.3 is 0 Å². The number of aliphatic hydroxyl groups is 1. The number of aliphatic hydroxyl groups excluding tert-OH is 1. The average molecular weight is 429 g/mol. The molecule has 0 radical (unpaired) electrons. The van der Waals surface area contributed by atoms with Crippen molar-refractivity contribution in [1.29, 1.82) is 0 Å². The third-order valence-electron chi connectivity index (χ3n) is 5.41. The Morgan fingerprint density at radius 1 is 1.30 bits per heavy atom. The summed E-state index contributed by atoms with van der Waals surface area (Å²) in [6.45, 7) is 0.914. The molecule has 4 rings (SSSR count). The second-order valence-corrected chi connectivity index (χ2v) is 7.62. The van der Waals surface area contributed by atoms with Crippen molar-refractivity contribution in [3.8, 4) is 5.75 Å². The number of pyridine rings is 1. The van der Waals surface area contributed by atoms with Crippen LogP contribution in [0.1, 0.15) is 30.0 Å². The number of hydrogen-bond acceptors (Lipinski definition) is 6. The van der Waals surface area contributed by atoms with Crippen molar-refractivity contribution in [2.24, 2.45) is 0 Å². The van der Waals surface area contributed by atoms with Crippen LogP contribution in [0.3, 0.4) is 0 Å². The summed E-state index contributed by atoms with van der Waals surface area (Å²) in [5.74, 6) is -1.31. The SMILES string of the molecule is COc1cc(/C(O)=C2/C(=O)C(=O)N(CC3CCCO3)C2c2ccncc2)ccc1Cl. The molecule has 2 unspecified atom stereocenters. The lowest BCUT2D eigenvalue weighted by Gasteiger charge is -2.27. The molecular weight excluding hydrogens is 408 g/mol. The third kappa shape index (κ3) is 3.66. The van der Waals surface area contributed by atoms with E-state index < -0.39 is 17.7 Å². The lowest BCUT2D eigenvalue weighted by Crippen LogP contribution is -2.36. The molecule has 7 nitrogen and oxygen atoms in total. The zero-order valence-corrected chi connectivity index (χ0v) is 17.1. The van der Waals surface area contributed by atoms with Crippen LogP contribution in [-0.4, -0.2) is 53.0 Å². The Balaban J connectivity index is 1.82. The topological polar surface area (TPSA) is 89.0 Å². The summed E-state index contributed by atoms with van der Waals surface area (Å²) in [5, 5.41) is 11.4. The van der Waals surface area contributed by atoms with Gasteiger partial charge in [0.25, 0.3) is 11.7 Å². The largest absolute Gasteiger partial charge is 0.507 e. The monoisotopic (exact) mass is 428 g/mol. The van der Waals surface area contributed by atoms with Crippen LogP contribution in [0.15, 0.2) is 48.3 Å². The normalized spacial score (nSPS) is 23.2. The fourth-order valence-corrected chi connectivity index (χ4v) is 4.13. The van der Waals surface area contributed by atoms with Gasteiger partial charge in [-0.3, -0.25) is 14.6 Å². The zero-order valence-electron chi connectivity index (χ0n) is 16.4. The Hall–Kier alpha value is -2.90. The van der Waals surface area contributed by atoms with Crippen molar-refractivity contribution >= 4 is 29.1 Å². The van der Waals surface area contributed by atoms with Gasteiger partial charge in [-0.1, -0.05) is 11.6 Å². The summed E-state index contributed by atoms with van der Waals surface area (Å²) in [5.41, 5.74) is 1.05. The maximum Gasteiger partial charge on any atom is 0.295 e. The summed E-state index contributed by atoms with van der Waals surface area (Å²) >= 11 is 6.08. The lowest BCUT2D eigenvalue weighted by molar-refractivity contribution is -0.140. The lowest BCUT2D eigenvalue weighted by atomic mass is 9.95. The second kappa shape index (κ2) is 8.45. The summed E-state index contributed by atoms with van der Waals surface area (Å²) < 4.78 is 10.9. The van der Waals surface area contributed by atoms with E-state index in [0.29, 0.717) is 28.5 Å². The number of halogens is 1. The van der Waals surface area contributed by atoms with E-state index >= 15 is 0 Å². The number of ether oxygens (including phenoxy) is 2. The Bertz CT molecular complexity index is 1000. The van der Waals surface area contributed by atoms with Crippen molar-refractivity contribution in [2.75, 3.05) is 20.3 Å². The highest BCUT2D eigenvalue weighted by Gasteiger charge is 2.47. The molecule has 1 aromatic heterocycles. The average Bonchev–Trinajstić information content (AvgIpc) is 3.36. The van der Waals surface area contributed by atoms with E-state index in [-0.39, 0.29) is 24.0 Å². The van der Waals surface area contributed by atoms with Gasteiger partial charge in [-0.2, -0.15) is 0 Å². The highest BCUT2D eigenvalue weighted by molar-refractivity contribution is 6.46. The zero-order chi connectivity index (χ0) is 21.3. The number of methoxy groups -OCH3 is 1. The van der Waals surface area contributed by atoms with E-state index in [4.69, 9.17) is 21.1 Å². The molecule has 8 heteroatoms. The van der Waals surface area contributed by atoms with Gasteiger partial charge in [0.15, 0.2) is 0 Å². The molecule has 2 aromatic rings. The quantitative estimate of drug-likeness (QED) is 0.446. The number of hydrogen-bond donors (Lipinski definition) is 1. The molecule has 3 heterocycles. The number of amides is 1. The highest BCUT2D eigenvalue weighted by atomic mass is 35.5. The van der Waals surface area contributed by atoms with E-state index in [1.807, 2.05) is 0 Å². The van der Waals surface area contributed by atoms with Gasteiger partial charge in [0.05, 0.1) is 29.9 Å². The molecule has 1 aromatic carbocycles. The van der Waals surface area contributed by atoms with Crippen LogP contribution in [-0.2, 0) is 14.3 Å². The number of likely N-dealkylation sites (tertiary alicyclic amines) is 1. The van der Waals surface area contributed by atoms with E-state index in [2.05, 4.69) is 4.98 Å². The third-order valence-corrected chi connectivity index (χ3v) is 5.72.